The smallest absolute Gasteiger partial charge is 0.230 e. The van der Waals surface area contributed by atoms with Gasteiger partial charge in [-0.05, 0) is 43.0 Å². The van der Waals surface area contributed by atoms with Gasteiger partial charge in [0.25, 0.3) is 0 Å². The van der Waals surface area contributed by atoms with Crippen molar-refractivity contribution in [2.45, 2.75) is 38.3 Å². The average molecular weight is 336 g/mol. The number of aryl methyl sites for hydroxylation is 1. The number of hydrogen-bond donors (Lipinski definition) is 1. The first-order valence-electron chi connectivity index (χ1n) is 8.53. The predicted octanol–water partition coefficient (Wildman–Crippen LogP) is 3.05. The molecule has 1 aliphatic carbocycles. The van der Waals surface area contributed by atoms with Crippen LogP contribution in [0.1, 0.15) is 41.3 Å². The summed E-state index contributed by atoms with van der Waals surface area (Å²) in [6.07, 6.45) is 9.77. The zero-order chi connectivity index (χ0) is 17.1. The number of aromatic amines is 1. The number of rotatable bonds is 5. The Bertz CT molecular complexity index is 826. The van der Waals surface area contributed by atoms with Gasteiger partial charge in [0, 0.05) is 30.2 Å². The maximum atomic E-state index is 13.3. The minimum Gasteiger partial charge on any atom is -0.467 e. The van der Waals surface area contributed by atoms with E-state index in [9.17, 15) is 4.79 Å². The highest BCUT2D eigenvalue weighted by Gasteiger charge is 2.31. The predicted molar refractivity (Wildman–Crippen MR) is 91.5 cm³/mol. The van der Waals surface area contributed by atoms with Gasteiger partial charge in [0.1, 0.15) is 5.76 Å². The van der Waals surface area contributed by atoms with Gasteiger partial charge in [0.05, 0.1) is 24.9 Å². The summed E-state index contributed by atoms with van der Waals surface area (Å²) in [7, 11) is 0. The van der Waals surface area contributed by atoms with Gasteiger partial charge in [0.2, 0.25) is 5.91 Å². The summed E-state index contributed by atoms with van der Waals surface area (Å²) in [6.45, 7) is 0.960. The molecule has 3 heterocycles. The SMILES string of the molecule is O=C([C@H]1CCCc2[nH]ncc21)N(Cc1cccnc1)Cc1ccco1. The first-order chi connectivity index (χ1) is 12.3. The van der Waals surface area contributed by atoms with Crippen LogP contribution in [0.15, 0.2) is 53.5 Å². The fourth-order valence-corrected chi connectivity index (χ4v) is 3.45. The molecule has 0 bridgehead atoms. The second-order valence-corrected chi connectivity index (χ2v) is 6.38. The van der Waals surface area contributed by atoms with Crippen molar-refractivity contribution >= 4 is 5.91 Å². The Morgan fingerprint density at radius 2 is 2.24 bits per heavy atom. The molecule has 1 N–H and O–H groups in total. The van der Waals surface area contributed by atoms with Crippen molar-refractivity contribution in [3.8, 4) is 0 Å². The number of nitrogens with zero attached hydrogens (tertiary/aromatic N) is 3. The molecule has 0 aromatic carbocycles. The topological polar surface area (TPSA) is 75.0 Å². The van der Waals surface area contributed by atoms with E-state index in [-0.39, 0.29) is 11.8 Å². The van der Waals surface area contributed by atoms with Gasteiger partial charge < -0.3 is 9.32 Å². The van der Waals surface area contributed by atoms with Crippen LogP contribution in [0.5, 0.6) is 0 Å². The fourth-order valence-electron chi connectivity index (χ4n) is 3.45. The van der Waals surface area contributed by atoms with Gasteiger partial charge in [-0.15, -0.1) is 0 Å². The Morgan fingerprint density at radius 3 is 3.04 bits per heavy atom. The Balaban J connectivity index is 1.60. The third kappa shape index (κ3) is 3.33. The number of fused-ring (bicyclic) bond motifs is 1. The van der Waals surface area contributed by atoms with E-state index >= 15 is 0 Å². The quantitative estimate of drug-likeness (QED) is 0.777. The van der Waals surface area contributed by atoms with Crippen LogP contribution in [0.25, 0.3) is 0 Å². The molecule has 0 aliphatic heterocycles. The lowest BCUT2D eigenvalue weighted by atomic mass is 9.86. The molecular formula is C19H20N4O2. The third-order valence-electron chi connectivity index (χ3n) is 4.68. The number of furan rings is 1. The second kappa shape index (κ2) is 6.93. The molecule has 0 unspecified atom stereocenters. The van der Waals surface area contributed by atoms with E-state index in [1.165, 1.54) is 0 Å². The van der Waals surface area contributed by atoms with Crippen molar-refractivity contribution in [1.29, 1.82) is 0 Å². The highest BCUT2D eigenvalue weighted by Crippen LogP contribution is 2.32. The van der Waals surface area contributed by atoms with Gasteiger partial charge in [-0.2, -0.15) is 5.10 Å². The molecule has 0 spiro atoms. The summed E-state index contributed by atoms with van der Waals surface area (Å²) in [6, 6.07) is 7.61. The van der Waals surface area contributed by atoms with E-state index in [4.69, 9.17) is 4.42 Å². The Kier molecular flexibility index (Phi) is 4.33. The van der Waals surface area contributed by atoms with Crippen LogP contribution in [0.3, 0.4) is 0 Å². The van der Waals surface area contributed by atoms with Crippen molar-refractivity contribution in [2.24, 2.45) is 0 Å². The van der Waals surface area contributed by atoms with Crippen LogP contribution in [0.2, 0.25) is 0 Å². The number of aromatic nitrogens is 3. The molecule has 3 aromatic heterocycles. The van der Waals surface area contributed by atoms with Crippen molar-refractivity contribution in [3.63, 3.8) is 0 Å². The Morgan fingerprint density at radius 1 is 1.28 bits per heavy atom. The number of carbonyl (C=O) groups excluding carboxylic acids is 1. The van der Waals surface area contributed by atoms with Gasteiger partial charge in [-0.3, -0.25) is 14.9 Å². The van der Waals surface area contributed by atoms with E-state index in [1.807, 2.05) is 29.2 Å². The Hall–Kier alpha value is -2.89. The average Bonchev–Trinajstić information content (AvgIpc) is 3.32. The van der Waals surface area contributed by atoms with E-state index in [1.54, 1.807) is 24.9 Å². The monoisotopic (exact) mass is 336 g/mol. The number of hydrogen-bond acceptors (Lipinski definition) is 4. The van der Waals surface area contributed by atoms with Crippen LogP contribution in [0.4, 0.5) is 0 Å². The molecule has 0 saturated carbocycles. The molecule has 0 saturated heterocycles. The zero-order valence-corrected chi connectivity index (χ0v) is 13.9. The van der Waals surface area contributed by atoms with Crippen molar-refractivity contribution < 1.29 is 9.21 Å². The third-order valence-corrected chi connectivity index (χ3v) is 4.68. The van der Waals surface area contributed by atoms with Gasteiger partial charge in [0.15, 0.2) is 0 Å². The molecular weight excluding hydrogens is 316 g/mol. The lowest BCUT2D eigenvalue weighted by Crippen LogP contribution is -2.35. The summed E-state index contributed by atoms with van der Waals surface area (Å²) in [4.78, 5) is 19.3. The number of H-pyrrole nitrogens is 1. The molecule has 4 rings (SSSR count). The summed E-state index contributed by atoms with van der Waals surface area (Å²) in [5.74, 6) is 0.747. The maximum absolute atomic E-state index is 13.3. The van der Waals surface area contributed by atoms with Crippen LogP contribution >= 0.6 is 0 Å². The lowest BCUT2D eigenvalue weighted by Gasteiger charge is -2.29. The van der Waals surface area contributed by atoms with Crippen LogP contribution in [0, 0.1) is 0 Å². The molecule has 6 nitrogen and oxygen atoms in total. The highest BCUT2D eigenvalue weighted by molar-refractivity contribution is 5.84. The first kappa shape index (κ1) is 15.6. The number of carbonyl (C=O) groups is 1. The number of amides is 1. The molecule has 128 valence electrons. The van der Waals surface area contributed by atoms with E-state index in [0.717, 1.165) is 41.8 Å². The van der Waals surface area contributed by atoms with E-state index < -0.39 is 0 Å². The summed E-state index contributed by atoms with van der Waals surface area (Å²) in [5.41, 5.74) is 3.13. The number of nitrogens with one attached hydrogen (secondary N) is 1. The summed E-state index contributed by atoms with van der Waals surface area (Å²) in [5, 5.41) is 7.16. The molecule has 25 heavy (non-hydrogen) atoms. The lowest BCUT2D eigenvalue weighted by molar-refractivity contribution is -0.134. The fraction of sp³-hybridized carbons (Fsp3) is 0.316. The van der Waals surface area contributed by atoms with Crippen molar-refractivity contribution in [3.05, 3.63) is 71.7 Å². The summed E-state index contributed by atoms with van der Waals surface area (Å²) >= 11 is 0. The van der Waals surface area contributed by atoms with Crippen molar-refractivity contribution in [1.82, 2.24) is 20.1 Å². The van der Waals surface area contributed by atoms with Crippen LogP contribution in [-0.2, 0) is 24.3 Å². The maximum Gasteiger partial charge on any atom is 0.230 e. The van der Waals surface area contributed by atoms with Gasteiger partial charge in [-0.1, -0.05) is 6.07 Å². The minimum atomic E-state index is -0.144. The largest absolute Gasteiger partial charge is 0.467 e. The molecule has 3 aromatic rings. The second-order valence-electron chi connectivity index (χ2n) is 6.38. The standard InChI is InChI=1S/C19H20N4O2/c24-19(16-6-1-7-18-17(16)11-21-22-18)23(13-15-5-3-9-25-15)12-14-4-2-8-20-10-14/h2-5,8-11,16H,1,6-7,12-13H2,(H,21,22)/t16-/m0/s1. The highest BCUT2D eigenvalue weighted by atomic mass is 16.3. The zero-order valence-electron chi connectivity index (χ0n) is 13.9. The van der Waals surface area contributed by atoms with E-state index in [0.29, 0.717) is 13.1 Å². The Labute approximate surface area is 145 Å². The van der Waals surface area contributed by atoms with Crippen molar-refractivity contribution in [2.75, 3.05) is 0 Å². The normalized spacial score (nSPS) is 16.4. The van der Waals surface area contributed by atoms with Gasteiger partial charge >= 0.3 is 0 Å². The molecule has 1 atom stereocenters. The summed E-state index contributed by atoms with van der Waals surface area (Å²) < 4.78 is 5.47. The first-order valence-corrected chi connectivity index (χ1v) is 8.53. The minimum absolute atomic E-state index is 0.114. The molecule has 0 fully saturated rings. The molecule has 1 amide bonds. The molecule has 0 radical (unpaired) electrons. The van der Waals surface area contributed by atoms with Crippen LogP contribution in [-0.4, -0.2) is 26.0 Å². The number of pyridine rings is 1. The molecule has 1 aliphatic rings. The van der Waals surface area contributed by atoms with Gasteiger partial charge in [-0.25, -0.2) is 0 Å². The van der Waals surface area contributed by atoms with E-state index in [2.05, 4.69) is 15.2 Å². The molecule has 6 heteroatoms. The van der Waals surface area contributed by atoms with Crippen LogP contribution < -0.4 is 0 Å².